The number of nitrogens with zero attached hydrogens (tertiary/aromatic N) is 1. The maximum absolute atomic E-state index is 11.2. The van der Waals surface area contributed by atoms with E-state index >= 15 is 0 Å². The van der Waals surface area contributed by atoms with Crippen molar-refractivity contribution in [3.63, 3.8) is 0 Å². The standard InChI is InChI=1S/C13H15NO3/c1-9-4-5-10(2)14(9)8-11-6-7-12(17-11)13(15)16-3/h4-7H,8H2,1-3H3. The molecule has 0 saturated carbocycles. The minimum atomic E-state index is -0.447. The third kappa shape index (κ3) is 2.25. The second kappa shape index (κ2) is 4.49. The molecule has 0 aliphatic rings. The fourth-order valence-corrected chi connectivity index (χ4v) is 1.78. The summed E-state index contributed by atoms with van der Waals surface area (Å²) < 4.78 is 12.1. The van der Waals surface area contributed by atoms with Crippen LogP contribution in [0.25, 0.3) is 0 Å². The lowest BCUT2D eigenvalue weighted by molar-refractivity contribution is 0.0563. The van der Waals surface area contributed by atoms with Crippen LogP contribution in [0.1, 0.15) is 27.7 Å². The Labute approximate surface area is 99.8 Å². The number of hydrogen-bond donors (Lipinski definition) is 0. The summed E-state index contributed by atoms with van der Waals surface area (Å²) in [5.74, 6) is 0.537. The van der Waals surface area contributed by atoms with Gasteiger partial charge in [0.05, 0.1) is 13.7 Å². The fourth-order valence-electron chi connectivity index (χ4n) is 1.78. The largest absolute Gasteiger partial charge is 0.463 e. The van der Waals surface area contributed by atoms with Crippen molar-refractivity contribution in [3.8, 4) is 0 Å². The topological polar surface area (TPSA) is 44.4 Å². The summed E-state index contributed by atoms with van der Waals surface area (Å²) in [6.45, 7) is 4.70. The normalized spacial score (nSPS) is 10.5. The van der Waals surface area contributed by atoms with Gasteiger partial charge >= 0.3 is 5.97 Å². The van der Waals surface area contributed by atoms with Crippen LogP contribution >= 0.6 is 0 Å². The average Bonchev–Trinajstić information content (AvgIpc) is 2.90. The van der Waals surface area contributed by atoms with E-state index in [1.54, 1.807) is 12.1 Å². The summed E-state index contributed by atoms with van der Waals surface area (Å²) in [5.41, 5.74) is 2.33. The Morgan fingerprint density at radius 3 is 2.47 bits per heavy atom. The van der Waals surface area contributed by atoms with Crippen LogP contribution in [0.4, 0.5) is 0 Å². The predicted molar refractivity (Wildman–Crippen MR) is 63.1 cm³/mol. The Kier molecular flexibility index (Phi) is 3.04. The van der Waals surface area contributed by atoms with E-state index in [2.05, 4.69) is 21.4 Å². The van der Waals surface area contributed by atoms with Crippen molar-refractivity contribution in [2.45, 2.75) is 20.4 Å². The second-order valence-electron chi connectivity index (χ2n) is 3.96. The second-order valence-corrected chi connectivity index (χ2v) is 3.96. The number of ether oxygens (including phenoxy) is 1. The molecule has 2 aromatic heterocycles. The highest BCUT2D eigenvalue weighted by Crippen LogP contribution is 2.14. The van der Waals surface area contributed by atoms with E-state index in [1.807, 2.05) is 13.8 Å². The molecule has 0 spiro atoms. The van der Waals surface area contributed by atoms with Crippen LogP contribution in [-0.2, 0) is 11.3 Å². The Hall–Kier alpha value is -1.97. The molecular formula is C13H15NO3. The number of carbonyl (C=O) groups is 1. The van der Waals surface area contributed by atoms with Gasteiger partial charge in [0.25, 0.3) is 0 Å². The van der Waals surface area contributed by atoms with E-state index in [0.717, 1.165) is 5.76 Å². The maximum Gasteiger partial charge on any atom is 0.373 e. The Morgan fingerprint density at radius 1 is 1.24 bits per heavy atom. The van der Waals surface area contributed by atoms with Crippen LogP contribution in [0.5, 0.6) is 0 Å². The highest BCUT2D eigenvalue weighted by Gasteiger charge is 2.12. The Morgan fingerprint density at radius 2 is 1.88 bits per heavy atom. The van der Waals surface area contributed by atoms with Gasteiger partial charge < -0.3 is 13.7 Å². The molecule has 2 aromatic rings. The molecule has 2 rings (SSSR count). The highest BCUT2D eigenvalue weighted by molar-refractivity contribution is 5.86. The SMILES string of the molecule is COC(=O)c1ccc(Cn2c(C)ccc2C)o1. The molecule has 90 valence electrons. The van der Waals surface area contributed by atoms with E-state index in [-0.39, 0.29) is 5.76 Å². The van der Waals surface area contributed by atoms with Crippen LogP contribution in [0.15, 0.2) is 28.7 Å². The van der Waals surface area contributed by atoms with Crippen molar-refractivity contribution < 1.29 is 13.9 Å². The highest BCUT2D eigenvalue weighted by atomic mass is 16.5. The molecule has 17 heavy (non-hydrogen) atoms. The van der Waals surface area contributed by atoms with Crippen LogP contribution in [0.2, 0.25) is 0 Å². The molecular weight excluding hydrogens is 218 g/mol. The zero-order chi connectivity index (χ0) is 12.4. The van der Waals surface area contributed by atoms with E-state index in [4.69, 9.17) is 4.42 Å². The van der Waals surface area contributed by atoms with Crippen molar-refractivity contribution >= 4 is 5.97 Å². The van der Waals surface area contributed by atoms with Crippen molar-refractivity contribution in [2.75, 3.05) is 7.11 Å². The number of carbonyl (C=O) groups excluding carboxylic acids is 1. The summed E-state index contributed by atoms with van der Waals surface area (Å²) in [7, 11) is 1.34. The lowest BCUT2D eigenvalue weighted by Gasteiger charge is -2.06. The first kappa shape index (κ1) is 11.5. The zero-order valence-electron chi connectivity index (χ0n) is 10.2. The summed E-state index contributed by atoms with van der Waals surface area (Å²) in [4.78, 5) is 11.2. The van der Waals surface area contributed by atoms with Gasteiger partial charge in [0.15, 0.2) is 0 Å². The van der Waals surface area contributed by atoms with E-state index < -0.39 is 5.97 Å². The molecule has 0 N–H and O–H groups in total. The van der Waals surface area contributed by atoms with Crippen molar-refractivity contribution in [1.82, 2.24) is 4.57 Å². The van der Waals surface area contributed by atoms with E-state index in [0.29, 0.717) is 6.54 Å². The van der Waals surface area contributed by atoms with Crippen molar-refractivity contribution in [1.29, 1.82) is 0 Å². The van der Waals surface area contributed by atoms with Crippen molar-refractivity contribution in [3.05, 3.63) is 47.2 Å². The van der Waals surface area contributed by atoms with Gasteiger partial charge in [-0.25, -0.2) is 4.79 Å². The Balaban J connectivity index is 2.20. The minimum Gasteiger partial charge on any atom is -0.463 e. The predicted octanol–water partition coefficient (Wildman–Crippen LogP) is 2.53. The number of furan rings is 1. The molecule has 0 aromatic carbocycles. The fraction of sp³-hybridized carbons (Fsp3) is 0.308. The first-order chi connectivity index (χ1) is 8.11. The minimum absolute atomic E-state index is 0.241. The van der Waals surface area contributed by atoms with Crippen LogP contribution in [-0.4, -0.2) is 17.6 Å². The van der Waals surface area contributed by atoms with Gasteiger partial charge in [-0.15, -0.1) is 0 Å². The molecule has 0 saturated heterocycles. The van der Waals surface area contributed by atoms with Crippen LogP contribution in [0, 0.1) is 13.8 Å². The van der Waals surface area contributed by atoms with Crippen LogP contribution in [0.3, 0.4) is 0 Å². The number of aryl methyl sites for hydroxylation is 2. The number of methoxy groups -OCH3 is 1. The molecule has 0 bridgehead atoms. The third-order valence-electron chi connectivity index (χ3n) is 2.78. The lowest BCUT2D eigenvalue weighted by Crippen LogP contribution is -2.03. The molecule has 4 heteroatoms. The summed E-state index contributed by atoms with van der Waals surface area (Å²) in [5, 5.41) is 0. The smallest absolute Gasteiger partial charge is 0.373 e. The van der Waals surface area contributed by atoms with Crippen LogP contribution < -0.4 is 0 Å². The van der Waals surface area contributed by atoms with Crippen molar-refractivity contribution in [2.24, 2.45) is 0 Å². The van der Waals surface area contributed by atoms with E-state index in [9.17, 15) is 4.79 Å². The summed E-state index contributed by atoms with van der Waals surface area (Å²) in [6, 6.07) is 7.54. The van der Waals surface area contributed by atoms with Gasteiger partial charge in [-0.1, -0.05) is 0 Å². The lowest BCUT2D eigenvalue weighted by atomic mass is 10.4. The molecule has 4 nitrogen and oxygen atoms in total. The number of aromatic nitrogens is 1. The molecule has 0 radical (unpaired) electrons. The third-order valence-corrected chi connectivity index (χ3v) is 2.78. The molecule has 0 aliphatic carbocycles. The number of hydrogen-bond acceptors (Lipinski definition) is 3. The maximum atomic E-state index is 11.2. The molecule has 0 aliphatic heterocycles. The number of esters is 1. The van der Waals surface area contributed by atoms with Gasteiger partial charge in [-0.2, -0.15) is 0 Å². The van der Waals surface area contributed by atoms with Gasteiger partial charge in [0, 0.05) is 11.4 Å². The van der Waals surface area contributed by atoms with Gasteiger partial charge in [-0.05, 0) is 38.1 Å². The average molecular weight is 233 g/mol. The zero-order valence-corrected chi connectivity index (χ0v) is 10.2. The summed E-state index contributed by atoms with van der Waals surface area (Å²) >= 11 is 0. The van der Waals surface area contributed by atoms with Gasteiger partial charge in [0.2, 0.25) is 5.76 Å². The van der Waals surface area contributed by atoms with E-state index in [1.165, 1.54) is 18.5 Å². The summed E-state index contributed by atoms with van der Waals surface area (Å²) in [6.07, 6.45) is 0. The Bertz CT molecular complexity index is 517. The quantitative estimate of drug-likeness (QED) is 0.765. The molecule has 0 unspecified atom stereocenters. The molecule has 2 heterocycles. The molecule has 0 amide bonds. The number of rotatable bonds is 3. The molecule has 0 atom stereocenters. The van der Waals surface area contributed by atoms with Gasteiger partial charge in [-0.3, -0.25) is 0 Å². The molecule has 0 fully saturated rings. The van der Waals surface area contributed by atoms with Gasteiger partial charge in [0.1, 0.15) is 5.76 Å². The first-order valence-electron chi connectivity index (χ1n) is 5.41. The monoisotopic (exact) mass is 233 g/mol. The first-order valence-corrected chi connectivity index (χ1v) is 5.41.